The van der Waals surface area contributed by atoms with Gasteiger partial charge < -0.3 is 30.0 Å². The lowest BCUT2D eigenvalue weighted by atomic mass is 9.86. The molecule has 0 atom stereocenters. The number of nitrogens with zero attached hydrogens (tertiary/aromatic N) is 5. The standard InChI is InChI=1S/C64H54N10O4/c1-63(2)34-48-31-53-49(36-8-12-39(13-9-36)62(77)65-24-25-74-57(75)22-23-58(74)76)29-46(70-53)32-56-64(3,4)35-54(73-56)61(78-5)60-50(30-47(72-60)33-55(63)71-48)37-6-10-38(11-7-37)59-51-20-18-44(68-51)27-42-16-14-40(66-42)26-41-15-17-43(67-41)28-45-19-21-52(59)69-45/h6-23,26-33,66,69-70,72H,24-25,34-35H2,1-5H3,(H,65,77). The summed E-state index contributed by atoms with van der Waals surface area (Å²) < 4.78 is 6.41. The van der Waals surface area contributed by atoms with Crippen LogP contribution in [-0.4, -0.2) is 82.7 Å². The predicted molar refractivity (Wildman–Crippen MR) is 308 cm³/mol. The highest BCUT2D eigenvalue weighted by Gasteiger charge is 2.33. The Labute approximate surface area is 448 Å². The van der Waals surface area contributed by atoms with Gasteiger partial charge in [-0.3, -0.25) is 29.3 Å². The molecule has 0 saturated heterocycles. The van der Waals surface area contributed by atoms with Crippen LogP contribution in [0.1, 0.15) is 83.6 Å². The molecule has 78 heavy (non-hydrogen) atoms. The van der Waals surface area contributed by atoms with Crippen molar-refractivity contribution in [2.75, 3.05) is 20.2 Å². The summed E-state index contributed by atoms with van der Waals surface area (Å²) in [7, 11) is 1.71. The number of H-pyrrole nitrogens is 4. The highest BCUT2D eigenvalue weighted by Crippen LogP contribution is 2.42. The molecule has 0 saturated carbocycles. The van der Waals surface area contributed by atoms with E-state index in [0.717, 1.165) is 128 Å². The molecule has 14 heteroatoms. The molecule has 2 aromatic carbocycles. The van der Waals surface area contributed by atoms with E-state index in [9.17, 15) is 14.4 Å². The van der Waals surface area contributed by atoms with Gasteiger partial charge >= 0.3 is 0 Å². The number of carbonyl (C=O) groups is 3. The number of carbonyl (C=O) groups excluding carboxylic acids is 3. The molecule has 0 unspecified atom stereocenters. The van der Waals surface area contributed by atoms with Crippen LogP contribution in [0.3, 0.4) is 0 Å². The number of benzene rings is 2. The zero-order valence-corrected chi connectivity index (χ0v) is 43.7. The minimum Gasteiger partial charge on any atom is -0.493 e. The fourth-order valence-corrected chi connectivity index (χ4v) is 11.1. The maximum Gasteiger partial charge on any atom is 0.253 e. The molecule has 14 nitrogen and oxygen atoms in total. The van der Waals surface area contributed by atoms with Crippen LogP contribution in [0.4, 0.5) is 0 Å². The van der Waals surface area contributed by atoms with Crippen molar-refractivity contribution in [2.45, 2.75) is 51.4 Å². The number of rotatable bonds is 8. The quantitative estimate of drug-likeness (QED) is 0.0929. The summed E-state index contributed by atoms with van der Waals surface area (Å²) in [6, 6.07) is 41.3. The third kappa shape index (κ3) is 9.00. The Morgan fingerprint density at radius 2 is 1.14 bits per heavy atom. The number of fused-ring (bicyclic) bond motifs is 16. The van der Waals surface area contributed by atoms with Gasteiger partial charge in [0, 0.05) is 127 Å². The first-order valence-electron chi connectivity index (χ1n) is 26.1. The number of imide groups is 1. The molecule has 384 valence electrons. The van der Waals surface area contributed by atoms with Gasteiger partial charge in [-0.2, -0.15) is 0 Å². The molecule has 0 spiro atoms. The van der Waals surface area contributed by atoms with E-state index in [0.29, 0.717) is 24.2 Å². The number of aromatic amines is 4. The number of nitrogens with one attached hydrogen (secondary N) is 5. The Morgan fingerprint density at radius 3 is 1.86 bits per heavy atom. The Kier molecular flexibility index (Phi) is 11.4. The normalized spacial score (nSPS) is 15.1. The Balaban J connectivity index is 0.907. The first-order valence-corrected chi connectivity index (χ1v) is 26.1. The molecule has 0 radical (unpaired) electrons. The predicted octanol–water partition coefficient (Wildman–Crippen LogP) is 12.0. The summed E-state index contributed by atoms with van der Waals surface area (Å²) >= 11 is 0. The number of ether oxygens (including phenoxy) is 1. The van der Waals surface area contributed by atoms with Gasteiger partial charge in [-0.15, -0.1) is 0 Å². The molecule has 13 rings (SSSR count). The van der Waals surface area contributed by atoms with Crippen molar-refractivity contribution in [3.05, 3.63) is 185 Å². The van der Waals surface area contributed by atoms with Crippen LogP contribution >= 0.6 is 0 Å². The monoisotopic (exact) mass is 1030 g/mol. The zero-order valence-electron chi connectivity index (χ0n) is 43.7. The van der Waals surface area contributed by atoms with E-state index < -0.39 is 0 Å². The Bertz CT molecular complexity index is 4280. The maximum absolute atomic E-state index is 13.2. The number of aromatic nitrogens is 8. The lowest BCUT2D eigenvalue weighted by Crippen LogP contribution is -2.38. The summed E-state index contributed by atoms with van der Waals surface area (Å²) in [5.74, 6) is -0.388. The first-order chi connectivity index (χ1) is 37.7. The molecule has 16 bridgehead atoms. The average Bonchev–Trinajstić information content (AvgIpc) is 4.42. The van der Waals surface area contributed by atoms with E-state index in [2.05, 4.69) is 156 Å². The van der Waals surface area contributed by atoms with Crippen molar-refractivity contribution in [3.8, 4) is 39.1 Å². The van der Waals surface area contributed by atoms with Gasteiger partial charge in [0.1, 0.15) is 0 Å². The highest BCUT2D eigenvalue weighted by molar-refractivity contribution is 6.13. The van der Waals surface area contributed by atoms with Crippen molar-refractivity contribution >= 4 is 86.2 Å². The van der Waals surface area contributed by atoms with Gasteiger partial charge in [-0.05, 0) is 126 Å². The van der Waals surface area contributed by atoms with Crippen molar-refractivity contribution in [3.63, 3.8) is 0 Å². The van der Waals surface area contributed by atoms with Crippen molar-refractivity contribution in [2.24, 2.45) is 0 Å². The molecule has 0 aliphatic carbocycles. The fourth-order valence-electron chi connectivity index (χ4n) is 11.1. The Morgan fingerprint density at radius 1 is 0.564 bits per heavy atom. The lowest BCUT2D eigenvalue weighted by Gasteiger charge is -2.16. The second-order valence-corrected chi connectivity index (χ2v) is 21.7. The van der Waals surface area contributed by atoms with Crippen LogP contribution < -0.4 is 10.1 Å². The molecule has 5 aliphatic heterocycles. The fraction of sp³-hybridized carbons (Fsp3) is 0.172. The number of methoxy groups -OCH3 is 1. The van der Waals surface area contributed by atoms with Gasteiger partial charge in [0.05, 0.1) is 41.1 Å². The summed E-state index contributed by atoms with van der Waals surface area (Å²) in [6.45, 7) is 9.09. The number of hydrogen-bond acceptors (Lipinski definition) is 8. The topological polar surface area (TPSA) is 190 Å². The van der Waals surface area contributed by atoms with Gasteiger partial charge in [-0.25, -0.2) is 9.97 Å². The summed E-state index contributed by atoms with van der Waals surface area (Å²) in [4.78, 5) is 73.5. The Hall–Kier alpha value is -9.69. The molecule has 8 aromatic rings. The zero-order chi connectivity index (χ0) is 53.5. The van der Waals surface area contributed by atoms with Gasteiger partial charge in [-0.1, -0.05) is 64.1 Å². The maximum atomic E-state index is 13.2. The van der Waals surface area contributed by atoms with E-state index in [4.69, 9.17) is 24.7 Å². The minimum absolute atomic E-state index is 0.0961. The average molecular weight is 1030 g/mol. The van der Waals surface area contributed by atoms with Crippen molar-refractivity contribution in [1.29, 1.82) is 0 Å². The lowest BCUT2D eigenvalue weighted by molar-refractivity contribution is -0.136. The molecule has 5 aliphatic rings. The summed E-state index contributed by atoms with van der Waals surface area (Å²) in [5.41, 5.74) is 20.0. The smallest absolute Gasteiger partial charge is 0.253 e. The molecule has 6 aromatic heterocycles. The summed E-state index contributed by atoms with van der Waals surface area (Å²) in [5, 5.41) is 2.83. The highest BCUT2D eigenvalue weighted by atomic mass is 16.5. The van der Waals surface area contributed by atoms with Crippen LogP contribution in [0.2, 0.25) is 0 Å². The van der Waals surface area contributed by atoms with E-state index >= 15 is 0 Å². The van der Waals surface area contributed by atoms with Crippen LogP contribution in [0, 0.1) is 0 Å². The van der Waals surface area contributed by atoms with Gasteiger partial charge in [0.2, 0.25) is 0 Å². The molecule has 5 N–H and O–H groups in total. The summed E-state index contributed by atoms with van der Waals surface area (Å²) in [6.07, 6.45) is 12.0. The molecule has 3 amide bonds. The second kappa shape index (κ2) is 18.6. The van der Waals surface area contributed by atoms with Crippen molar-refractivity contribution in [1.82, 2.24) is 50.1 Å². The van der Waals surface area contributed by atoms with E-state index in [-0.39, 0.29) is 41.6 Å². The number of amides is 3. The van der Waals surface area contributed by atoms with Gasteiger partial charge in [0.25, 0.3) is 17.7 Å². The SMILES string of the molecule is COc1c2nc(cc3cc(-c4ccc(C(=O)NCCN5C(=O)C=CC5=O)cc4)c(cc4nc(cc5cc(-c6ccc(-c7c8nc(cc9ccc(cc%10nc(cc%11ccc7[nH]%11)C=C%10)[nH]9)C=C8)cc6)c1[nH]5)C(C)(C)C4)[nH]3)C(C)(C)C2. The molecule has 11 heterocycles. The second-order valence-electron chi connectivity index (χ2n) is 21.7. The van der Waals surface area contributed by atoms with Crippen LogP contribution in [0.5, 0.6) is 5.75 Å². The van der Waals surface area contributed by atoms with Crippen molar-refractivity contribution < 1.29 is 19.1 Å². The molecular formula is C64H54N10O4. The first kappa shape index (κ1) is 48.0. The third-order valence-corrected chi connectivity index (χ3v) is 15.1. The van der Waals surface area contributed by atoms with Crippen LogP contribution in [-0.2, 0) is 33.3 Å². The largest absolute Gasteiger partial charge is 0.493 e. The molecular weight excluding hydrogens is 973 g/mol. The third-order valence-electron chi connectivity index (χ3n) is 15.1. The van der Waals surface area contributed by atoms with Gasteiger partial charge in [0.15, 0.2) is 5.75 Å². The molecule has 0 fully saturated rings. The van der Waals surface area contributed by atoms with Crippen LogP contribution in [0.25, 0.3) is 102 Å². The number of hydrogen-bond donors (Lipinski definition) is 5. The van der Waals surface area contributed by atoms with E-state index in [1.165, 1.54) is 12.2 Å². The minimum atomic E-state index is -0.380. The van der Waals surface area contributed by atoms with E-state index in [1.54, 1.807) is 19.2 Å². The van der Waals surface area contributed by atoms with E-state index in [1.807, 2.05) is 30.4 Å². The van der Waals surface area contributed by atoms with Crippen LogP contribution in [0.15, 0.2) is 133 Å².